The lowest BCUT2D eigenvalue weighted by molar-refractivity contribution is 0.278. The van der Waals surface area contributed by atoms with Crippen molar-refractivity contribution in [1.82, 2.24) is 15.0 Å². The minimum absolute atomic E-state index is 0.00754. The lowest BCUT2D eigenvalue weighted by Crippen LogP contribution is -2.24. The maximum Gasteiger partial charge on any atom is 0.146 e. The van der Waals surface area contributed by atoms with E-state index >= 15 is 0 Å². The smallest absolute Gasteiger partial charge is 0.146 e. The Morgan fingerprint density at radius 2 is 1.15 bits per heavy atom. The molecule has 0 fully saturated rings. The molecule has 1 heterocycles. The molecule has 41 heavy (non-hydrogen) atoms. The Kier molecular flexibility index (Phi) is 9.32. The summed E-state index contributed by atoms with van der Waals surface area (Å²) in [4.78, 5) is 1.57. The molecule has 4 aromatic rings. The van der Waals surface area contributed by atoms with Crippen LogP contribution in [0, 0.1) is 5.41 Å². The Bertz CT molecular complexity index is 1440. The molecular weight excluding hydrogens is 506 g/mol. The van der Waals surface area contributed by atoms with Crippen molar-refractivity contribution in [2.75, 3.05) is 0 Å². The molecule has 2 N–H and O–H groups in total. The average Bonchev–Trinajstić information content (AvgIpc) is 3.32. The molecule has 0 amide bonds. The number of para-hydroxylation sites is 1. The molecule has 5 heteroatoms. The van der Waals surface area contributed by atoms with E-state index in [1.54, 1.807) is 10.9 Å². The van der Waals surface area contributed by atoms with Crippen molar-refractivity contribution in [3.63, 3.8) is 0 Å². The number of rotatable bonds is 7. The van der Waals surface area contributed by atoms with Crippen LogP contribution >= 0.6 is 0 Å². The van der Waals surface area contributed by atoms with Crippen LogP contribution in [0.25, 0.3) is 16.7 Å². The number of fused-ring (bicyclic) bond motifs is 1. The van der Waals surface area contributed by atoms with Crippen molar-refractivity contribution in [1.29, 1.82) is 0 Å². The molecular formula is C36H51N3O2. The quantitative estimate of drug-likeness (QED) is 0.237. The highest BCUT2D eigenvalue weighted by Crippen LogP contribution is 2.42. The summed E-state index contributed by atoms with van der Waals surface area (Å²) in [6.45, 7) is 24.2. The van der Waals surface area contributed by atoms with E-state index in [4.69, 9.17) is 0 Å². The third-order valence-corrected chi connectivity index (χ3v) is 8.48. The van der Waals surface area contributed by atoms with E-state index in [1.165, 1.54) is 5.56 Å². The Balaban J connectivity index is 0.000000263. The van der Waals surface area contributed by atoms with E-state index < -0.39 is 0 Å². The molecule has 0 bridgehead atoms. The predicted molar refractivity (Wildman–Crippen MR) is 172 cm³/mol. The fraction of sp³-hybridized carbons (Fsp3) is 0.500. The largest absolute Gasteiger partial charge is 0.508 e. The first-order chi connectivity index (χ1) is 18.9. The van der Waals surface area contributed by atoms with Crippen LogP contribution in [0.15, 0.2) is 60.7 Å². The van der Waals surface area contributed by atoms with Crippen LogP contribution < -0.4 is 0 Å². The number of benzene rings is 3. The summed E-state index contributed by atoms with van der Waals surface area (Å²) >= 11 is 0. The first-order valence-corrected chi connectivity index (χ1v) is 14.9. The van der Waals surface area contributed by atoms with Crippen molar-refractivity contribution in [2.24, 2.45) is 5.41 Å². The normalized spacial score (nSPS) is 12.8. The number of aromatic hydroxyl groups is 2. The summed E-state index contributed by atoms with van der Waals surface area (Å²) in [6, 6.07) is 19.6. The Morgan fingerprint density at radius 1 is 0.634 bits per heavy atom. The van der Waals surface area contributed by atoms with Gasteiger partial charge in [-0.25, -0.2) is 0 Å². The third kappa shape index (κ3) is 7.49. The topological polar surface area (TPSA) is 71.2 Å². The van der Waals surface area contributed by atoms with Gasteiger partial charge in [0.1, 0.15) is 28.2 Å². The van der Waals surface area contributed by atoms with E-state index in [2.05, 4.69) is 92.4 Å². The van der Waals surface area contributed by atoms with Crippen LogP contribution in [0.3, 0.4) is 0 Å². The fourth-order valence-corrected chi connectivity index (χ4v) is 5.51. The first-order valence-electron chi connectivity index (χ1n) is 14.9. The van der Waals surface area contributed by atoms with Gasteiger partial charge >= 0.3 is 0 Å². The molecule has 0 aliphatic carbocycles. The zero-order valence-electron chi connectivity index (χ0n) is 27.1. The van der Waals surface area contributed by atoms with Crippen molar-refractivity contribution in [3.8, 4) is 17.2 Å². The van der Waals surface area contributed by atoms with Gasteiger partial charge in [-0.05, 0) is 76.3 Å². The highest BCUT2D eigenvalue weighted by atomic mass is 16.3. The van der Waals surface area contributed by atoms with Gasteiger partial charge in [-0.3, -0.25) is 0 Å². The standard InChI is InChI=1S/C22H29N3O.C14H22O/c1-7-21(3,4)15-13-16(22(5,6)8-2)20(26)19(14-15)25-23-17-11-9-10-12-18(17)24-25;1-13(2,3)10-14(4,5)11-8-6-7-9-12(11)15/h9-14,26H,7-8H2,1-6H3;6-9,15H,10H2,1-5H3. The zero-order valence-corrected chi connectivity index (χ0v) is 27.1. The van der Waals surface area contributed by atoms with Gasteiger partial charge in [-0.2, -0.15) is 0 Å². The highest BCUT2D eigenvalue weighted by molar-refractivity contribution is 5.74. The first kappa shape index (κ1) is 32.2. The fourth-order valence-electron chi connectivity index (χ4n) is 5.51. The second-order valence-electron chi connectivity index (χ2n) is 14.5. The summed E-state index contributed by atoms with van der Waals surface area (Å²) in [5.41, 5.74) is 5.65. The summed E-state index contributed by atoms with van der Waals surface area (Å²) in [5.74, 6) is 0.680. The molecule has 3 aromatic carbocycles. The molecule has 0 saturated carbocycles. The average molecular weight is 558 g/mol. The van der Waals surface area contributed by atoms with Crippen LogP contribution in [0.2, 0.25) is 0 Å². The molecule has 0 unspecified atom stereocenters. The maximum absolute atomic E-state index is 11.1. The van der Waals surface area contributed by atoms with E-state index in [1.807, 2.05) is 48.5 Å². The minimum Gasteiger partial charge on any atom is -0.508 e. The number of hydrogen-bond donors (Lipinski definition) is 2. The molecule has 4 rings (SSSR count). The van der Waals surface area contributed by atoms with Gasteiger partial charge in [-0.15, -0.1) is 15.0 Å². The van der Waals surface area contributed by atoms with Gasteiger partial charge in [-0.1, -0.05) is 113 Å². The number of phenols is 2. The van der Waals surface area contributed by atoms with Crippen LogP contribution in [-0.4, -0.2) is 25.2 Å². The molecule has 0 spiro atoms. The predicted octanol–water partition coefficient (Wildman–Crippen LogP) is 9.61. The highest BCUT2D eigenvalue weighted by Gasteiger charge is 2.30. The Labute approximate surface area is 247 Å². The summed E-state index contributed by atoms with van der Waals surface area (Å²) in [7, 11) is 0. The maximum atomic E-state index is 11.1. The van der Waals surface area contributed by atoms with Gasteiger partial charge in [0.2, 0.25) is 0 Å². The second-order valence-corrected chi connectivity index (χ2v) is 14.5. The van der Waals surface area contributed by atoms with Crippen molar-refractivity contribution >= 4 is 11.0 Å². The number of aromatic nitrogens is 3. The summed E-state index contributed by atoms with van der Waals surface area (Å²) < 4.78 is 0. The van der Waals surface area contributed by atoms with Crippen molar-refractivity contribution < 1.29 is 10.2 Å². The molecule has 1 aromatic heterocycles. The van der Waals surface area contributed by atoms with E-state index in [9.17, 15) is 10.2 Å². The van der Waals surface area contributed by atoms with Gasteiger partial charge in [0.15, 0.2) is 0 Å². The Hall–Kier alpha value is -3.34. The van der Waals surface area contributed by atoms with Crippen LogP contribution in [0.1, 0.15) is 112 Å². The molecule has 0 aliphatic rings. The molecule has 0 atom stereocenters. The lowest BCUT2D eigenvalue weighted by atomic mass is 9.72. The summed E-state index contributed by atoms with van der Waals surface area (Å²) in [5, 5.41) is 30.1. The molecule has 5 nitrogen and oxygen atoms in total. The second kappa shape index (κ2) is 11.9. The number of phenolic OH excluding ortho intramolecular Hbond substituents is 2. The molecule has 0 radical (unpaired) electrons. The number of hydrogen-bond acceptors (Lipinski definition) is 4. The molecule has 0 saturated heterocycles. The molecule has 0 aliphatic heterocycles. The van der Waals surface area contributed by atoms with Crippen LogP contribution in [0.5, 0.6) is 11.5 Å². The monoisotopic (exact) mass is 557 g/mol. The third-order valence-electron chi connectivity index (χ3n) is 8.48. The van der Waals surface area contributed by atoms with E-state index in [0.29, 0.717) is 11.4 Å². The zero-order chi connectivity index (χ0) is 30.8. The van der Waals surface area contributed by atoms with Gasteiger partial charge in [0.25, 0.3) is 0 Å². The lowest BCUT2D eigenvalue weighted by Gasteiger charge is -2.33. The van der Waals surface area contributed by atoms with Crippen molar-refractivity contribution in [3.05, 3.63) is 77.4 Å². The van der Waals surface area contributed by atoms with Crippen molar-refractivity contribution in [2.45, 2.75) is 112 Å². The number of nitrogens with zero attached hydrogens (tertiary/aromatic N) is 3. The summed E-state index contributed by atoms with van der Waals surface area (Å²) in [6.07, 6.45) is 3.00. The van der Waals surface area contributed by atoms with Gasteiger partial charge < -0.3 is 10.2 Å². The van der Waals surface area contributed by atoms with E-state index in [-0.39, 0.29) is 27.4 Å². The van der Waals surface area contributed by atoms with Gasteiger partial charge in [0, 0.05) is 5.56 Å². The SMILES string of the molecule is CC(C)(C)CC(C)(C)c1ccccc1O.CCC(C)(C)c1cc(-n2nc3ccccc3n2)c(O)c(C(C)(C)CC)c1. The van der Waals surface area contributed by atoms with Gasteiger partial charge in [0.05, 0.1) is 0 Å². The van der Waals surface area contributed by atoms with Crippen LogP contribution in [0.4, 0.5) is 0 Å². The minimum atomic E-state index is -0.134. The molecule has 222 valence electrons. The van der Waals surface area contributed by atoms with Crippen LogP contribution in [-0.2, 0) is 16.2 Å². The Morgan fingerprint density at radius 3 is 1.63 bits per heavy atom. The van der Waals surface area contributed by atoms with E-state index in [0.717, 1.165) is 41.4 Å².